The second-order valence-corrected chi connectivity index (χ2v) is 6.08. The summed E-state index contributed by atoms with van der Waals surface area (Å²) in [6, 6.07) is 5.51. The number of ketones is 1. The van der Waals surface area contributed by atoms with Crippen molar-refractivity contribution in [2.24, 2.45) is 0 Å². The Labute approximate surface area is 135 Å². The molecule has 0 aliphatic rings. The maximum absolute atomic E-state index is 12.1. The van der Waals surface area contributed by atoms with Gasteiger partial charge in [-0.1, -0.05) is 0 Å². The number of rotatable bonds is 6. The van der Waals surface area contributed by atoms with Crippen LogP contribution in [0.5, 0.6) is 17.2 Å². The summed E-state index contributed by atoms with van der Waals surface area (Å²) in [4.78, 5) is 12.8. The van der Waals surface area contributed by atoms with Crippen LogP contribution in [0, 0.1) is 6.92 Å². The number of benzene rings is 1. The summed E-state index contributed by atoms with van der Waals surface area (Å²) in [6.07, 6.45) is 0. The molecule has 0 radical (unpaired) electrons. The van der Waals surface area contributed by atoms with Gasteiger partial charge in [0.1, 0.15) is 0 Å². The molecular weight excluding hydrogens is 356 g/mol. The molecule has 4 nitrogen and oxygen atoms in total. The average Bonchev–Trinajstić information content (AvgIpc) is 2.90. The van der Waals surface area contributed by atoms with E-state index in [0.29, 0.717) is 22.1 Å². The molecule has 0 saturated carbocycles. The SMILES string of the molecule is COc1cc(C)cc(OC)c1OCC(=O)c1sccc1Br. The molecule has 0 fully saturated rings. The molecule has 0 aliphatic heterocycles. The van der Waals surface area contributed by atoms with E-state index in [9.17, 15) is 4.79 Å². The highest BCUT2D eigenvalue weighted by Gasteiger charge is 2.17. The van der Waals surface area contributed by atoms with Crippen molar-refractivity contribution < 1.29 is 19.0 Å². The topological polar surface area (TPSA) is 44.8 Å². The van der Waals surface area contributed by atoms with Crippen molar-refractivity contribution >= 4 is 33.0 Å². The van der Waals surface area contributed by atoms with E-state index in [1.807, 2.05) is 30.5 Å². The first-order valence-corrected chi connectivity index (χ1v) is 7.85. The van der Waals surface area contributed by atoms with Crippen molar-refractivity contribution in [2.45, 2.75) is 6.92 Å². The van der Waals surface area contributed by atoms with Crippen LogP contribution in [-0.2, 0) is 0 Å². The molecule has 0 amide bonds. The third-order valence-corrected chi connectivity index (χ3v) is 4.70. The summed E-state index contributed by atoms with van der Waals surface area (Å²) in [6.45, 7) is 1.86. The Bertz CT molecular complexity index is 626. The van der Waals surface area contributed by atoms with Gasteiger partial charge in [-0.05, 0) is 52.0 Å². The molecule has 0 N–H and O–H groups in total. The summed E-state index contributed by atoms with van der Waals surface area (Å²) in [5.74, 6) is 1.43. The van der Waals surface area contributed by atoms with Crippen molar-refractivity contribution in [3.63, 3.8) is 0 Å². The van der Waals surface area contributed by atoms with Crippen LogP contribution in [-0.4, -0.2) is 26.6 Å². The zero-order valence-electron chi connectivity index (χ0n) is 11.9. The Morgan fingerprint density at radius 3 is 2.33 bits per heavy atom. The van der Waals surface area contributed by atoms with Gasteiger partial charge in [0.25, 0.3) is 0 Å². The van der Waals surface area contributed by atoms with Crippen LogP contribution in [0.25, 0.3) is 0 Å². The third kappa shape index (κ3) is 3.57. The molecule has 1 aromatic heterocycles. The summed E-state index contributed by atoms with van der Waals surface area (Å²) >= 11 is 4.72. The lowest BCUT2D eigenvalue weighted by atomic mass is 10.2. The van der Waals surface area contributed by atoms with Gasteiger partial charge in [0.2, 0.25) is 11.5 Å². The Hall–Kier alpha value is -1.53. The predicted molar refractivity (Wildman–Crippen MR) is 86.1 cm³/mol. The van der Waals surface area contributed by atoms with Gasteiger partial charge in [0.05, 0.1) is 19.1 Å². The van der Waals surface area contributed by atoms with Crippen molar-refractivity contribution in [3.8, 4) is 17.2 Å². The lowest BCUT2D eigenvalue weighted by Crippen LogP contribution is -2.12. The minimum atomic E-state index is -0.0958. The molecular formula is C15H15BrO4S. The van der Waals surface area contributed by atoms with E-state index >= 15 is 0 Å². The highest BCUT2D eigenvalue weighted by Crippen LogP contribution is 2.38. The summed E-state index contributed by atoms with van der Waals surface area (Å²) in [5.41, 5.74) is 0.989. The number of aryl methyl sites for hydroxylation is 1. The molecule has 0 spiro atoms. The number of Topliss-reactive ketones (excluding diaryl/α,β-unsaturated/α-hetero) is 1. The van der Waals surface area contributed by atoms with Gasteiger partial charge < -0.3 is 14.2 Å². The van der Waals surface area contributed by atoms with Crippen LogP contribution in [0.3, 0.4) is 0 Å². The molecule has 112 valence electrons. The lowest BCUT2D eigenvalue weighted by Gasteiger charge is -2.14. The third-order valence-electron chi connectivity index (χ3n) is 2.82. The van der Waals surface area contributed by atoms with E-state index < -0.39 is 0 Å². The first-order valence-electron chi connectivity index (χ1n) is 6.18. The van der Waals surface area contributed by atoms with Gasteiger partial charge in [0, 0.05) is 4.47 Å². The molecule has 0 unspecified atom stereocenters. The van der Waals surface area contributed by atoms with E-state index in [2.05, 4.69) is 15.9 Å². The number of carbonyl (C=O) groups excluding carboxylic acids is 1. The van der Waals surface area contributed by atoms with Gasteiger partial charge in [-0.15, -0.1) is 11.3 Å². The molecule has 2 rings (SSSR count). The maximum atomic E-state index is 12.1. The Kier molecular flexibility index (Phi) is 5.25. The van der Waals surface area contributed by atoms with Crippen LogP contribution in [0.1, 0.15) is 15.2 Å². The smallest absolute Gasteiger partial charge is 0.211 e. The molecule has 0 aliphatic carbocycles. The minimum absolute atomic E-state index is 0.0745. The zero-order valence-corrected chi connectivity index (χ0v) is 14.3. The summed E-state index contributed by atoms with van der Waals surface area (Å²) < 4.78 is 17.0. The molecule has 1 heterocycles. The van der Waals surface area contributed by atoms with Gasteiger partial charge in [-0.3, -0.25) is 4.79 Å². The van der Waals surface area contributed by atoms with E-state index in [0.717, 1.165) is 10.0 Å². The number of carbonyl (C=O) groups is 1. The van der Waals surface area contributed by atoms with Crippen LogP contribution in [0.2, 0.25) is 0 Å². The van der Waals surface area contributed by atoms with Crippen LogP contribution < -0.4 is 14.2 Å². The highest BCUT2D eigenvalue weighted by atomic mass is 79.9. The van der Waals surface area contributed by atoms with Gasteiger partial charge in [0.15, 0.2) is 18.1 Å². The summed E-state index contributed by atoms with van der Waals surface area (Å²) in [5, 5.41) is 1.85. The number of ether oxygens (including phenoxy) is 3. The number of halogens is 1. The lowest BCUT2D eigenvalue weighted by molar-refractivity contribution is 0.0920. The second-order valence-electron chi connectivity index (χ2n) is 4.31. The molecule has 6 heteroatoms. The van der Waals surface area contributed by atoms with E-state index in [1.165, 1.54) is 11.3 Å². The number of hydrogen-bond donors (Lipinski definition) is 0. The first-order chi connectivity index (χ1) is 10.1. The zero-order chi connectivity index (χ0) is 15.4. The average molecular weight is 371 g/mol. The largest absolute Gasteiger partial charge is 0.493 e. The van der Waals surface area contributed by atoms with Crippen molar-refractivity contribution in [2.75, 3.05) is 20.8 Å². The standard InChI is InChI=1S/C15H15BrO4S/c1-9-6-12(18-2)14(13(7-9)19-3)20-8-11(17)15-10(16)4-5-21-15/h4-7H,8H2,1-3H3. The quantitative estimate of drug-likeness (QED) is 0.718. The Balaban J connectivity index is 2.20. The molecule has 0 saturated heterocycles. The molecule has 21 heavy (non-hydrogen) atoms. The van der Waals surface area contributed by atoms with Gasteiger partial charge in [-0.25, -0.2) is 0 Å². The van der Waals surface area contributed by atoms with Crippen molar-refractivity contribution in [1.29, 1.82) is 0 Å². The Morgan fingerprint density at radius 2 is 1.86 bits per heavy atom. The van der Waals surface area contributed by atoms with E-state index in [-0.39, 0.29) is 12.4 Å². The second kappa shape index (κ2) is 6.95. The minimum Gasteiger partial charge on any atom is -0.493 e. The predicted octanol–water partition coefficient (Wildman–Crippen LogP) is 4.10. The fourth-order valence-corrected chi connectivity index (χ4v) is 3.37. The number of thiophene rings is 1. The monoisotopic (exact) mass is 370 g/mol. The maximum Gasteiger partial charge on any atom is 0.211 e. The van der Waals surface area contributed by atoms with E-state index in [1.54, 1.807) is 14.2 Å². The molecule has 0 bridgehead atoms. The normalized spacial score (nSPS) is 10.3. The fraction of sp³-hybridized carbons (Fsp3) is 0.267. The van der Waals surface area contributed by atoms with Crippen LogP contribution in [0.4, 0.5) is 0 Å². The van der Waals surface area contributed by atoms with Crippen LogP contribution in [0.15, 0.2) is 28.1 Å². The van der Waals surface area contributed by atoms with E-state index in [4.69, 9.17) is 14.2 Å². The fourth-order valence-electron chi connectivity index (χ4n) is 1.85. The first kappa shape index (κ1) is 15.9. The van der Waals surface area contributed by atoms with Crippen LogP contribution >= 0.6 is 27.3 Å². The molecule has 2 aromatic rings. The molecule has 1 aromatic carbocycles. The highest BCUT2D eigenvalue weighted by molar-refractivity contribution is 9.10. The van der Waals surface area contributed by atoms with Crippen molar-refractivity contribution in [1.82, 2.24) is 0 Å². The number of hydrogen-bond acceptors (Lipinski definition) is 5. The molecule has 0 atom stereocenters. The van der Waals surface area contributed by atoms with Gasteiger partial charge >= 0.3 is 0 Å². The summed E-state index contributed by atoms with van der Waals surface area (Å²) in [7, 11) is 3.11. The van der Waals surface area contributed by atoms with Gasteiger partial charge in [-0.2, -0.15) is 0 Å². The number of methoxy groups -OCH3 is 2. The van der Waals surface area contributed by atoms with Crippen molar-refractivity contribution in [3.05, 3.63) is 38.5 Å². The Morgan fingerprint density at radius 1 is 1.24 bits per heavy atom.